The summed E-state index contributed by atoms with van der Waals surface area (Å²) in [6, 6.07) is 0. The number of hydrogen-bond acceptors (Lipinski definition) is 3. The monoisotopic (exact) mass is 222 g/mol. The molecule has 86 valence electrons. The van der Waals surface area contributed by atoms with Crippen LogP contribution in [0.15, 0.2) is 0 Å². The summed E-state index contributed by atoms with van der Waals surface area (Å²) in [6.45, 7) is 4.34. The van der Waals surface area contributed by atoms with E-state index in [0.717, 1.165) is 6.16 Å². The molecule has 0 amide bonds. The lowest BCUT2D eigenvalue weighted by Gasteiger charge is -2.19. The quantitative estimate of drug-likeness (QED) is 0.615. The third-order valence-electron chi connectivity index (χ3n) is 2.15. The minimum Gasteiger partial charge on any atom is -0.396 e. The van der Waals surface area contributed by atoms with E-state index in [-0.39, 0.29) is 13.2 Å². The molecule has 0 rings (SSSR count). The van der Waals surface area contributed by atoms with Crippen LogP contribution in [0.1, 0.15) is 26.7 Å². The second-order valence-electron chi connectivity index (χ2n) is 4.24. The Bertz CT molecular complexity index is 168. The molecule has 14 heavy (non-hydrogen) atoms. The molecule has 0 aromatic rings. The summed E-state index contributed by atoms with van der Waals surface area (Å²) in [4.78, 5) is 0. The predicted molar refractivity (Wildman–Crippen MR) is 60.5 cm³/mol. The number of hydrogen-bond donors (Lipinski definition) is 2. The number of aliphatic hydroxyl groups excluding tert-OH is 2. The van der Waals surface area contributed by atoms with Gasteiger partial charge in [0.05, 0.1) is 7.14 Å². The Balaban J connectivity index is 4.11. The van der Waals surface area contributed by atoms with Crippen LogP contribution in [0.5, 0.6) is 0 Å². The molecular weight excluding hydrogens is 199 g/mol. The third-order valence-corrected chi connectivity index (χ3v) is 5.80. The van der Waals surface area contributed by atoms with E-state index < -0.39 is 7.14 Å². The van der Waals surface area contributed by atoms with Crippen LogP contribution in [0.4, 0.5) is 0 Å². The van der Waals surface area contributed by atoms with E-state index >= 15 is 0 Å². The lowest BCUT2D eigenvalue weighted by Crippen LogP contribution is -2.07. The van der Waals surface area contributed by atoms with Crippen molar-refractivity contribution in [2.45, 2.75) is 26.7 Å². The van der Waals surface area contributed by atoms with Gasteiger partial charge in [-0.2, -0.15) is 0 Å². The highest BCUT2D eigenvalue weighted by molar-refractivity contribution is 7.63. The molecule has 0 bridgehead atoms. The van der Waals surface area contributed by atoms with Gasteiger partial charge in [-0.3, -0.25) is 0 Å². The van der Waals surface area contributed by atoms with Crippen molar-refractivity contribution in [3.63, 3.8) is 0 Å². The van der Waals surface area contributed by atoms with E-state index in [1.54, 1.807) is 0 Å². The smallest absolute Gasteiger partial charge is 0.0881 e. The van der Waals surface area contributed by atoms with Crippen LogP contribution in [0.3, 0.4) is 0 Å². The summed E-state index contributed by atoms with van der Waals surface area (Å²) in [7, 11) is -2.13. The maximum atomic E-state index is 12.3. The van der Waals surface area contributed by atoms with Crippen LogP contribution in [-0.2, 0) is 4.57 Å². The molecule has 0 aromatic carbocycles. The zero-order valence-electron chi connectivity index (χ0n) is 9.28. The topological polar surface area (TPSA) is 57.5 Å². The first kappa shape index (κ1) is 14.2. The number of rotatable bonds is 8. The predicted octanol–water partition coefficient (Wildman–Crippen LogP) is 1.77. The van der Waals surface area contributed by atoms with Gasteiger partial charge < -0.3 is 14.8 Å². The lowest BCUT2D eigenvalue weighted by molar-refractivity contribution is 0.292. The summed E-state index contributed by atoms with van der Waals surface area (Å²) in [6.07, 6.45) is 3.24. The van der Waals surface area contributed by atoms with E-state index in [1.807, 2.05) is 0 Å². The fourth-order valence-electron chi connectivity index (χ4n) is 1.68. The zero-order valence-corrected chi connectivity index (χ0v) is 10.2. The van der Waals surface area contributed by atoms with Gasteiger partial charge in [0.25, 0.3) is 0 Å². The Hall–Kier alpha value is 0.150. The van der Waals surface area contributed by atoms with Crippen molar-refractivity contribution in [2.24, 2.45) is 5.92 Å². The van der Waals surface area contributed by atoms with Gasteiger partial charge in [0, 0.05) is 31.7 Å². The summed E-state index contributed by atoms with van der Waals surface area (Å²) in [5.41, 5.74) is 0. The van der Waals surface area contributed by atoms with Crippen molar-refractivity contribution in [3.8, 4) is 0 Å². The van der Waals surface area contributed by atoms with Gasteiger partial charge in [-0.1, -0.05) is 13.8 Å². The minimum absolute atomic E-state index is 0.112. The van der Waals surface area contributed by atoms with E-state index in [2.05, 4.69) is 13.8 Å². The summed E-state index contributed by atoms with van der Waals surface area (Å²) < 4.78 is 12.3. The van der Waals surface area contributed by atoms with Gasteiger partial charge in [-0.25, -0.2) is 0 Å². The van der Waals surface area contributed by atoms with Crippen molar-refractivity contribution in [2.75, 3.05) is 31.7 Å². The van der Waals surface area contributed by atoms with Gasteiger partial charge in [-0.15, -0.1) is 0 Å². The first-order chi connectivity index (χ1) is 6.54. The second kappa shape index (κ2) is 7.44. The molecule has 4 heteroatoms. The highest BCUT2D eigenvalue weighted by Gasteiger charge is 2.22. The Kier molecular flexibility index (Phi) is 7.52. The molecule has 2 N–H and O–H groups in total. The molecule has 0 fully saturated rings. The Morgan fingerprint density at radius 1 is 1.07 bits per heavy atom. The Labute approximate surface area is 86.9 Å². The maximum Gasteiger partial charge on any atom is 0.0881 e. The van der Waals surface area contributed by atoms with Crippen molar-refractivity contribution in [1.29, 1.82) is 0 Å². The van der Waals surface area contributed by atoms with Crippen LogP contribution in [0, 0.1) is 5.92 Å². The van der Waals surface area contributed by atoms with E-state index in [9.17, 15) is 4.57 Å². The molecule has 0 aliphatic carbocycles. The molecule has 0 unspecified atom stereocenters. The van der Waals surface area contributed by atoms with Crippen LogP contribution in [-0.4, -0.2) is 41.9 Å². The van der Waals surface area contributed by atoms with Gasteiger partial charge >= 0.3 is 0 Å². The van der Waals surface area contributed by atoms with Crippen LogP contribution < -0.4 is 0 Å². The molecule has 0 aliphatic heterocycles. The minimum atomic E-state index is -2.13. The Morgan fingerprint density at radius 3 is 1.79 bits per heavy atom. The van der Waals surface area contributed by atoms with Crippen molar-refractivity contribution in [3.05, 3.63) is 0 Å². The zero-order chi connectivity index (χ0) is 11.0. The van der Waals surface area contributed by atoms with Gasteiger partial charge in [0.1, 0.15) is 0 Å². The molecule has 0 aliphatic rings. The molecule has 0 heterocycles. The van der Waals surface area contributed by atoms with Crippen LogP contribution in [0.2, 0.25) is 0 Å². The van der Waals surface area contributed by atoms with E-state index in [1.165, 1.54) is 0 Å². The summed E-state index contributed by atoms with van der Waals surface area (Å²) in [5.74, 6) is 0.429. The number of aliphatic hydroxyl groups is 2. The third kappa shape index (κ3) is 6.58. The molecule has 0 spiro atoms. The largest absolute Gasteiger partial charge is 0.396 e. The summed E-state index contributed by atoms with van der Waals surface area (Å²) >= 11 is 0. The standard InChI is InChI=1S/C10H23O3P/c1-10(2)9-14(13,7-3-5-11)8-4-6-12/h10-12H,3-9H2,1-2H3. The van der Waals surface area contributed by atoms with Gasteiger partial charge in [-0.05, 0) is 18.8 Å². The van der Waals surface area contributed by atoms with Crippen molar-refractivity contribution < 1.29 is 14.8 Å². The molecular formula is C10H23O3P. The molecule has 0 saturated carbocycles. The van der Waals surface area contributed by atoms with E-state index in [4.69, 9.17) is 10.2 Å². The Morgan fingerprint density at radius 2 is 1.50 bits per heavy atom. The molecule has 0 aromatic heterocycles. The lowest BCUT2D eigenvalue weighted by atomic mass is 10.3. The first-order valence-corrected chi connectivity index (χ1v) is 7.59. The normalized spacial score (nSPS) is 12.4. The van der Waals surface area contributed by atoms with Gasteiger partial charge in [0.15, 0.2) is 0 Å². The molecule has 0 atom stereocenters. The van der Waals surface area contributed by atoms with Crippen LogP contribution in [0.25, 0.3) is 0 Å². The van der Waals surface area contributed by atoms with Crippen LogP contribution >= 0.6 is 7.14 Å². The maximum absolute atomic E-state index is 12.3. The average molecular weight is 222 g/mol. The molecule has 0 saturated heterocycles. The molecule has 3 nitrogen and oxygen atoms in total. The average Bonchev–Trinajstić information content (AvgIpc) is 2.11. The fourth-order valence-corrected chi connectivity index (χ4v) is 5.03. The highest BCUT2D eigenvalue weighted by atomic mass is 31.2. The SMILES string of the molecule is CC(C)CP(=O)(CCCO)CCCO. The van der Waals surface area contributed by atoms with E-state index in [0.29, 0.717) is 31.1 Å². The molecule has 0 radical (unpaired) electrons. The highest BCUT2D eigenvalue weighted by Crippen LogP contribution is 2.48. The summed E-state index contributed by atoms with van der Waals surface area (Å²) in [5, 5.41) is 17.4. The van der Waals surface area contributed by atoms with Crippen molar-refractivity contribution in [1.82, 2.24) is 0 Å². The van der Waals surface area contributed by atoms with Gasteiger partial charge in [0.2, 0.25) is 0 Å². The first-order valence-electron chi connectivity index (χ1n) is 5.33. The second-order valence-corrected chi connectivity index (χ2v) is 7.61. The van der Waals surface area contributed by atoms with Crippen molar-refractivity contribution >= 4 is 7.14 Å². The fraction of sp³-hybridized carbons (Fsp3) is 1.00.